The number of anilines is 1. The second kappa shape index (κ2) is 9.31. The molecule has 0 bridgehead atoms. The molecule has 1 aromatic heterocycles. The van der Waals surface area contributed by atoms with Gasteiger partial charge in [0.25, 0.3) is 10.1 Å². The first kappa shape index (κ1) is 22.1. The van der Waals surface area contributed by atoms with Crippen molar-refractivity contribution in [1.82, 2.24) is 4.98 Å². The minimum atomic E-state index is -4.14. The van der Waals surface area contributed by atoms with Crippen molar-refractivity contribution >= 4 is 33.4 Å². The van der Waals surface area contributed by atoms with E-state index >= 15 is 0 Å². The van der Waals surface area contributed by atoms with Gasteiger partial charge >= 0.3 is 0 Å². The van der Waals surface area contributed by atoms with E-state index in [9.17, 15) is 17.6 Å². The van der Waals surface area contributed by atoms with Crippen LogP contribution in [0.3, 0.4) is 0 Å². The molecule has 7 nitrogen and oxygen atoms in total. The van der Waals surface area contributed by atoms with E-state index in [0.29, 0.717) is 5.92 Å². The Morgan fingerprint density at radius 1 is 1.36 bits per heavy atom. The van der Waals surface area contributed by atoms with Gasteiger partial charge in [-0.25, -0.2) is 9.37 Å². The fourth-order valence-corrected chi connectivity index (χ4v) is 3.49. The first-order valence-electron chi connectivity index (χ1n) is 8.51. The van der Waals surface area contributed by atoms with Gasteiger partial charge in [0.15, 0.2) is 0 Å². The van der Waals surface area contributed by atoms with Gasteiger partial charge in [-0.1, -0.05) is 18.5 Å². The largest absolute Gasteiger partial charge is 0.366 e. The number of pyridine rings is 1. The van der Waals surface area contributed by atoms with Gasteiger partial charge < -0.3 is 10.6 Å². The van der Waals surface area contributed by atoms with E-state index in [0.717, 1.165) is 37.5 Å². The normalized spacial score (nSPS) is 16.9. The lowest BCUT2D eigenvalue weighted by molar-refractivity contribution is 0.100. The highest BCUT2D eigenvalue weighted by Crippen LogP contribution is 2.22. The van der Waals surface area contributed by atoms with Gasteiger partial charge in [-0.2, -0.15) is 8.42 Å². The third kappa shape index (κ3) is 6.15. The lowest BCUT2D eigenvalue weighted by Gasteiger charge is -2.31. The Morgan fingerprint density at radius 3 is 2.57 bits per heavy atom. The molecule has 0 radical (unpaired) electrons. The summed E-state index contributed by atoms with van der Waals surface area (Å²) in [5.74, 6) is 0.255. The maximum absolute atomic E-state index is 12.4. The maximum atomic E-state index is 12.4. The quantitative estimate of drug-likeness (QED) is 0.724. The topological polar surface area (TPSA) is 114 Å². The molecule has 1 aliphatic rings. The number of primary amides is 1. The highest BCUT2D eigenvalue weighted by atomic mass is 35.5. The lowest BCUT2D eigenvalue weighted by Crippen LogP contribution is -2.34. The van der Waals surface area contributed by atoms with Crippen molar-refractivity contribution < 1.29 is 22.2 Å². The van der Waals surface area contributed by atoms with Gasteiger partial charge in [0.1, 0.15) is 16.5 Å². The van der Waals surface area contributed by atoms with Crippen LogP contribution in [0.4, 0.5) is 10.2 Å². The zero-order valence-electron chi connectivity index (χ0n) is 15.2. The second-order valence-corrected chi connectivity index (χ2v) is 8.34. The molecule has 0 saturated carbocycles. The summed E-state index contributed by atoms with van der Waals surface area (Å²) in [6.07, 6.45) is 3.55. The summed E-state index contributed by atoms with van der Waals surface area (Å²) in [5, 5.41) is 0.0394. The molecule has 0 spiro atoms. The van der Waals surface area contributed by atoms with E-state index in [2.05, 4.69) is 16.8 Å². The van der Waals surface area contributed by atoms with Crippen LogP contribution in [0.15, 0.2) is 41.4 Å². The van der Waals surface area contributed by atoms with E-state index in [4.69, 9.17) is 21.9 Å². The zero-order valence-corrected chi connectivity index (χ0v) is 16.8. The molecule has 3 rings (SSSR count). The number of piperidine rings is 1. The fourth-order valence-electron chi connectivity index (χ4n) is 2.80. The molecular formula is C18H21ClFN3O4S. The molecule has 1 atom stereocenters. The van der Waals surface area contributed by atoms with Crippen molar-refractivity contribution in [3.63, 3.8) is 0 Å². The molecule has 1 amide bonds. The third-order valence-electron chi connectivity index (χ3n) is 4.20. The summed E-state index contributed by atoms with van der Waals surface area (Å²) in [4.78, 5) is 16.6. The first-order valence-corrected chi connectivity index (χ1v) is 10.3. The van der Waals surface area contributed by atoms with Crippen molar-refractivity contribution in [1.29, 1.82) is 0 Å². The van der Waals surface area contributed by atoms with Crippen molar-refractivity contribution in [2.45, 2.75) is 24.7 Å². The van der Waals surface area contributed by atoms with E-state index < -0.39 is 21.8 Å². The summed E-state index contributed by atoms with van der Waals surface area (Å²) in [6, 6.07) is 6.45. The van der Waals surface area contributed by atoms with Crippen molar-refractivity contribution in [2.24, 2.45) is 11.7 Å². The van der Waals surface area contributed by atoms with Gasteiger partial charge in [0.2, 0.25) is 5.91 Å². The number of carbonyl (C=O) groups is 1. The van der Waals surface area contributed by atoms with E-state index in [1.807, 2.05) is 0 Å². The maximum Gasteiger partial charge on any atom is 0.296 e. The minimum absolute atomic E-state index is 0.0394. The fraction of sp³-hybridized carbons (Fsp3) is 0.333. The van der Waals surface area contributed by atoms with E-state index in [-0.39, 0.29) is 15.5 Å². The zero-order chi connectivity index (χ0) is 20.9. The van der Waals surface area contributed by atoms with Crippen LogP contribution in [0.5, 0.6) is 0 Å². The highest BCUT2D eigenvalue weighted by molar-refractivity contribution is 7.85. The molecule has 2 aromatic rings. The Morgan fingerprint density at radius 2 is 2.07 bits per heavy atom. The molecule has 1 unspecified atom stereocenters. The number of rotatable bonds is 3. The van der Waals surface area contributed by atoms with Crippen molar-refractivity contribution in [3.05, 3.63) is 52.9 Å². The predicted molar refractivity (Wildman–Crippen MR) is 105 cm³/mol. The van der Waals surface area contributed by atoms with E-state index in [1.54, 1.807) is 6.07 Å². The van der Waals surface area contributed by atoms with Crippen LogP contribution in [0.2, 0.25) is 5.02 Å². The van der Waals surface area contributed by atoms with Crippen LogP contribution in [-0.4, -0.2) is 37.0 Å². The Labute approximate surface area is 168 Å². The number of hydrogen-bond acceptors (Lipinski definition) is 5. The Kier molecular flexibility index (Phi) is 7.34. The van der Waals surface area contributed by atoms with Crippen LogP contribution in [0.1, 0.15) is 30.1 Å². The molecule has 10 heteroatoms. The average molecular weight is 430 g/mol. The smallest absolute Gasteiger partial charge is 0.296 e. The number of nitrogens with zero attached hydrogens (tertiary/aromatic N) is 2. The Balaban J connectivity index is 0.000000221. The van der Waals surface area contributed by atoms with Gasteiger partial charge in [-0.05, 0) is 49.1 Å². The number of amides is 1. The van der Waals surface area contributed by atoms with Gasteiger partial charge in [0, 0.05) is 13.1 Å². The monoisotopic (exact) mass is 429 g/mol. The predicted octanol–water partition coefficient (Wildman–Crippen LogP) is 3.14. The molecule has 1 aliphatic heterocycles. The van der Waals surface area contributed by atoms with Crippen LogP contribution < -0.4 is 10.6 Å². The number of hydrogen-bond donors (Lipinski definition) is 2. The number of aromatic nitrogens is 1. The molecule has 1 aromatic carbocycles. The van der Waals surface area contributed by atoms with E-state index in [1.165, 1.54) is 24.8 Å². The summed E-state index contributed by atoms with van der Waals surface area (Å²) in [6.45, 7) is 4.08. The number of benzene rings is 1. The molecule has 152 valence electrons. The molecule has 1 saturated heterocycles. The third-order valence-corrected chi connectivity index (χ3v) is 5.35. The van der Waals surface area contributed by atoms with Crippen LogP contribution >= 0.6 is 11.6 Å². The summed E-state index contributed by atoms with van der Waals surface area (Å²) < 4.78 is 43.0. The molecular weight excluding hydrogens is 409 g/mol. The number of nitrogens with two attached hydrogens (primary N) is 1. The molecule has 2 heterocycles. The standard InChI is InChI=1S/C11H16N2O3S.C7H5ClFNO/c1-9-3-2-6-13(8-9)11-5-4-10(7-12-11)17(14,15)16;8-6-3-4(9)1-2-5(6)7(10)11/h4-5,7,9H,2-3,6,8H2,1H3,(H,14,15,16);1-3H,(H2,10,11). The van der Waals surface area contributed by atoms with Crippen LogP contribution in [0, 0.1) is 11.7 Å². The number of carbonyl (C=O) groups excluding carboxylic acids is 1. The van der Waals surface area contributed by atoms with Crippen LogP contribution in [0.25, 0.3) is 0 Å². The Bertz CT molecular complexity index is 938. The minimum Gasteiger partial charge on any atom is -0.366 e. The van der Waals surface area contributed by atoms with Gasteiger partial charge in [0.05, 0.1) is 16.8 Å². The van der Waals surface area contributed by atoms with Crippen molar-refractivity contribution in [3.8, 4) is 0 Å². The average Bonchev–Trinajstić information content (AvgIpc) is 2.61. The molecule has 0 aliphatic carbocycles. The highest BCUT2D eigenvalue weighted by Gasteiger charge is 2.18. The van der Waals surface area contributed by atoms with Crippen molar-refractivity contribution in [2.75, 3.05) is 18.0 Å². The van der Waals surface area contributed by atoms with Gasteiger partial charge in [-0.15, -0.1) is 0 Å². The van der Waals surface area contributed by atoms with Crippen LogP contribution in [-0.2, 0) is 10.1 Å². The molecule has 3 N–H and O–H groups in total. The summed E-state index contributed by atoms with van der Waals surface area (Å²) in [5.41, 5.74) is 5.05. The summed E-state index contributed by atoms with van der Waals surface area (Å²) >= 11 is 5.48. The molecule has 1 fully saturated rings. The Hall–Kier alpha value is -2.23. The summed E-state index contributed by atoms with van der Waals surface area (Å²) in [7, 11) is -4.14. The molecule has 28 heavy (non-hydrogen) atoms. The second-order valence-electron chi connectivity index (χ2n) is 6.51. The number of halogens is 2. The van der Waals surface area contributed by atoms with Gasteiger partial charge in [-0.3, -0.25) is 9.35 Å². The first-order chi connectivity index (χ1) is 13.1. The lowest BCUT2D eigenvalue weighted by atomic mass is 10.0. The SMILES string of the molecule is CC1CCCN(c2ccc(S(=O)(=O)O)cn2)C1.NC(=O)c1ccc(F)cc1Cl.